The molecule has 1 aromatic heterocycles. The molecule has 19 heavy (non-hydrogen) atoms. The molecule has 1 aromatic carbocycles. The fourth-order valence-corrected chi connectivity index (χ4v) is 1.97. The number of halogens is 3. The molecule has 0 radical (unpaired) electrons. The van der Waals surface area contributed by atoms with Gasteiger partial charge in [-0.1, -0.05) is 23.5 Å². The number of aromatic nitrogens is 1. The zero-order chi connectivity index (χ0) is 14.0. The molecule has 1 amide bonds. The summed E-state index contributed by atoms with van der Waals surface area (Å²) < 4.78 is 37.0. The van der Waals surface area contributed by atoms with Crippen molar-refractivity contribution in [3.05, 3.63) is 40.9 Å². The number of nitrogens with zero attached hydrogens (tertiary/aromatic N) is 1. The van der Waals surface area contributed by atoms with Crippen LogP contribution in [0.4, 0.5) is 18.3 Å². The zero-order valence-corrected chi connectivity index (χ0v) is 10.0. The third-order valence-electron chi connectivity index (χ3n) is 2.15. The van der Waals surface area contributed by atoms with E-state index in [0.717, 1.165) is 0 Å². The number of thiazole rings is 1. The van der Waals surface area contributed by atoms with E-state index in [-0.39, 0.29) is 16.4 Å². The highest BCUT2D eigenvalue weighted by Crippen LogP contribution is 2.35. The maximum atomic E-state index is 12.3. The summed E-state index contributed by atoms with van der Waals surface area (Å²) in [5, 5.41) is 11.5. The molecule has 0 saturated heterocycles. The topological polar surface area (TPSA) is 62.2 Å². The molecule has 8 heteroatoms. The zero-order valence-electron chi connectivity index (χ0n) is 9.23. The van der Waals surface area contributed by atoms with Gasteiger partial charge in [0.25, 0.3) is 5.91 Å². The number of alkyl halides is 3. The van der Waals surface area contributed by atoms with Crippen LogP contribution in [0.15, 0.2) is 30.5 Å². The number of hydrogen-bond acceptors (Lipinski definition) is 4. The summed E-state index contributed by atoms with van der Waals surface area (Å²) in [7, 11) is 0. The van der Waals surface area contributed by atoms with E-state index >= 15 is 0 Å². The molecule has 100 valence electrons. The Morgan fingerprint density at radius 1 is 1.32 bits per heavy atom. The number of phenolic OH excluding ortho intramolecular Hbond substituents is 1. The van der Waals surface area contributed by atoms with Crippen LogP contribution in [0, 0.1) is 0 Å². The third-order valence-corrected chi connectivity index (χ3v) is 3.11. The predicted octanol–water partition coefficient (Wildman–Crippen LogP) is 3.12. The van der Waals surface area contributed by atoms with Gasteiger partial charge in [-0.3, -0.25) is 10.1 Å². The van der Waals surface area contributed by atoms with E-state index in [2.05, 4.69) is 10.3 Å². The first-order chi connectivity index (χ1) is 8.88. The lowest BCUT2D eigenvalue weighted by Gasteiger charge is -2.03. The minimum atomic E-state index is -4.49. The number of rotatable bonds is 2. The quantitative estimate of drug-likeness (QED) is 0.892. The second-order valence-electron chi connectivity index (χ2n) is 3.50. The van der Waals surface area contributed by atoms with Crippen molar-refractivity contribution in [2.75, 3.05) is 5.32 Å². The van der Waals surface area contributed by atoms with Crippen molar-refractivity contribution in [1.82, 2.24) is 4.98 Å². The number of amides is 1. The molecule has 0 aliphatic rings. The van der Waals surface area contributed by atoms with E-state index in [0.29, 0.717) is 17.5 Å². The summed E-state index contributed by atoms with van der Waals surface area (Å²) in [5.74, 6) is -0.978. The number of aromatic hydroxyl groups is 1. The molecule has 4 nitrogen and oxygen atoms in total. The van der Waals surface area contributed by atoms with Gasteiger partial charge in [0.2, 0.25) is 0 Å². The highest BCUT2D eigenvalue weighted by atomic mass is 32.1. The number of carbonyl (C=O) groups excluding carboxylic acids is 1. The molecule has 0 bridgehead atoms. The van der Waals surface area contributed by atoms with Crippen molar-refractivity contribution < 1.29 is 23.1 Å². The molecule has 2 N–H and O–H groups in total. The number of benzene rings is 1. The Hall–Kier alpha value is -2.09. The van der Waals surface area contributed by atoms with Gasteiger partial charge in [-0.15, -0.1) is 0 Å². The Morgan fingerprint density at radius 3 is 2.58 bits per heavy atom. The normalized spacial score (nSPS) is 11.3. The monoisotopic (exact) mass is 288 g/mol. The number of hydrogen-bond donors (Lipinski definition) is 2. The summed E-state index contributed by atoms with van der Waals surface area (Å²) in [4.78, 5) is 14.3. The second kappa shape index (κ2) is 4.88. The summed E-state index contributed by atoms with van der Waals surface area (Å²) in [5.41, 5.74) is -0.0359. The molecular formula is C11H7F3N2O2S. The predicted molar refractivity (Wildman–Crippen MR) is 63.2 cm³/mol. The van der Waals surface area contributed by atoms with Gasteiger partial charge in [0.05, 0.1) is 11.8 Å². The first-order valence-electron chi connectivity index (χ1n) is 5.00. The van der Waals surface area contributed by atoms with Gasteiger partial charge in [-0.2, -0.15) is 13.2 Å². The van der Waals surface area contributed by atoms with E-state index in [1.165, 1.54) is 24.3 Å². The standard InChI is InChI=1S/C11H7F3N2O2S/c12-11(13,14)8-5-15-10(19-8)16-9(18)6-3-1-2-4-7(6)17/h1-5,17H,(H,15,16,18). The average Bonchev–Trinajstić information content (AvgIpc) is 2.77. The van der Waals surface area contributed by atoms with Crippen LogP contribution in [-0.2, 0) is 6.18 Å². The van der Waals surface area contributed by atoms with Crippen LogP contribution in [0.3, 0.4) is 0 Å². The lowest BCUT2D eigenvalue weighted by atomic mass is 10.2. The fourth-order valence-electron chi connectivity index (χ4n) is 1.29. The lowest BCUT2D eigenvalue weighted by molar-refractivity contribution is -0.134. The van der Waals surface area contributed by atoms with E-state index in [1.807, 2.05) is 0 Å². The molecule has 1 heterocycles. The molecule has 2 aromatic rings. The number of carbonyl (C=O) groups is 1. The van der Waals surface area contributed by atoms with E-state index in [9.17, 15) is 23.1 Å². The molecule has 0 aliphatic heterocycles. The second-order valence-corrected chi connectivity index (χ2v) is 4.53. The first-order valence-corrected chi connectivity index (χ1v) is 5.82. The van der Waals surface area contributed by atoms with Crippen molar-refractivity contribution in [2.45, 2.75) is 6.18 Å². The first kappa shape index (κ1) is 13.3. The molecule has 0 atom stereocenters. The van der Waals surface area contributed by atoms with Gasteiger partial charge in [0.15, 0.2) is 5.13 Å². The largest absolute Gasteiger partial charge is 0.507 e. The van der Waals surface area contributed by atoms with Crippen LogP contribution in [0.25, 0.3) is 0 Å². The van der Waals surface area contributed by atoms with Crippen molar-refractivity contribution in [2.24, 2.45) is 0 Å². The summed E-state index contributed by atoms with van der Waals surface area (Å²) in [6.07, 6.45) is -3.85. The molecular weight excluding hydrogens is 281 g/mol. The van der Waals surface area contributed by atoms with E-state index < -0.39 is 17.0 Å². The van der Waals surface area contributed by atoms with Crippen molar-refractivity contribution in [3.63, 3.8) is 0 Å². The Morgan fingerprint density at radius 2 is 2.00 bits per heavy atom. The van der Waals surface area contributed by atoms with Crippen molar-refractivity contribution in [1.29, 1.82) is 0 Å². The minimum Gasteiger partial charge on any atom is -0.507 e. The van der Waals surface area contributed by atoms with Gasteiger partial charge < -0.3 is 5.11 Å². The summed E-state index contributed by atoms with van der Waals surface area (Å²) in [6.45, 7) is 0. The Balaban J connectivity index is 2.16. The third kappa shape index (κ3) is 3.02. The maximum Gasteiger partial charge on any atom is 0.427 e. The maximum absolute atomic E-state index is 12.3. The van der Waals surface area contributed by atoms with Gasteiger partial charge in [0, 0.05) is 0 Å². The average molecular weight is 288 g/mol. The SMILES string of the molecule is O=C(Nc1ncc(C(F)(F)F)s1)c1ccccc1O. The molecule has 2 rings (SSSR count). The fraction of sp³-hybridized carbons (Fsp3) is 0.0909. The highest BCUT2D eigenvalue weighted by Gasteiger charge is 2.33. The van der Waals surface area contributed by atoms with Crippen LogP contribution < -0.4 is 5.32 Å². The van der Waals surface area contributed by atoms with Crippen LogP contribution in [0.5, 0.6) is 5.75 Å². The van der Waals surface area contributed by atoms with Crippen LogP contribution in [0.1, 0.15) is 15.2 Å². The lowest BCUT2D eigenvalue weighted by Crippen LogP contribution is -2.11. The minimum absolute atomic E-state index is 0.0359. The van der Waals surface area contributed by atoms with Crippen LogP contribution in [0.2, 0.25) is 0 Å². The molecule has 0 spiro atoms. The van der Waals surface area contributed by atoms with Gasteiger partial charge >= 0.3 is 6.18 Å². The Kier molecular flexibility index (Phi) is 3.43. The van der Waals surface area contributed by atoms with Gasteiger partial charge in [-0.25, -0.2) is 4.98 Å². The Bertz CT molecular complexity index is 610. The molecule has 0 aliphatic carbocycles. The number of phenols is 1. The van der Waals surface area contributed by atoms with Crippen molar-refractivity contribution >= 4 is 22.4 Å². The van der Waals surface area contributed by atoms with Crippen LogP contribution >= 0.6 is 11.3 Å². The van der Waals surface area contributed by atoms with E-state index in [1.54, 1.807) is 0 Å². The van der Waals surface area contributed by atoms with E-state index in [4.69, 9.17) is 0 Å². The number of anilines is 1. The smallest absolute Gasteiger partial charge is 0.427 e. The summed E-state index contributed by atoms with van der Waals surface area (Å²) in [6, 6.07) is 5.70. The molecule has 0 unspecified atom stereocenters. The van der Waals surface area contributed by atoms with Crippen LogP contribution in [-0.4, -0.2) is 16.0 Å². The van der Waals surface area contributed by atoms with Gasteiger partial charge in [0.1, 0.15) is 10.6 Å². The van der Waals surface area contributed by atoms with Gasteiger partial charge in [-0.05, 0) is 12.1 Å². The number of para-hydroxylation sites is 1. The van der Waals surface area contributed by atoms with Crippen molar-refractivity contribution in [3.8, 4) is 5.75 Å². The highest BCUT2D eigenvalue weighted by molar-refractivity contribution is 7.15. The Labute approximate surface area is 109 Å². The molecule has 0 fully saturated rings. The summed E-state index contributed by atoms with van der Waals surface area (Å²) >= 11 is 0.319. The molecule has 0 saturated carbocycles. The number of nitrogens with one attached hydrogen (secondary N) is 1.